The molecule has 0 bridgehead atoms. The topological polar surface area (TPSA) is 12.0 Å². The second-order valence-electron chi connectivity index (χ2n) is 4.74. The molecule has 1 N–H and O–H groups in total. The fourth-order valence-corrected chi connectivity index (χ4v) is 1.83. The van der Waals surface area contributed by atoms with Crippen molar-refractivity contribution in [3.05, 3.63) is 40.4 Å². The van der Waals surface area contributed by atoms with Crippen molar-refractivity contribution in [2.75, 3.05) is 13.1 Å². The van der Waals surface area contributed by atoms with Crippen LogP contribution in [0.4, 0.5) is 0 Å². The van der Waals surface area contributed by atoms with Gasteiger partial charge in [0.05, 0.1) is 0 Å². The van der Waals surface area contributed by atoms with E-state index in [0.717, 1.165) is 24.5 Å². The second kappa shape index (κ2) is 7.52. The van der Waals surface area contributed by atoms with Crippen LogP contribution in [0.3, 0.4) is 0 Å². The van der Waals surface area contributed by atoms with E-state index in [4.69, 9.17) is 11.6 Å². The Balaban J connectivity index is 2.60. The van der Waals surface area contributed by atoms with Gasteiger partial charge in [-0.25, -0.2) is 0 Å². The zero-order valence-electron chi connectivity index (χ0n) is 11.0. The number of rotatable bonds is 6. The number of hydrogen-bond acceptors (Lipinski definition) is 1. The van der Waals surface area contributed by atoms with Crippen LogP contribution in [0.5, 0.6) is 0 Å². The molecule has 0 spiro atoms. The van der Waals surface area contributed by atoms with Gasteiger partial charge in [-0.1, -0.05) is 56.2 Å². The van der Waals surface area contributed by atoms with Crippen LogP contribution in [0.25, 0.3) is 6.08 Å². The zero-order chi connectivity index (χ0) is 12.7. The highest BCUT2D eigenvalue weighted by molar-refractivity contribution is 6.30. The molecular formula is C15H22ClN. The summed E-state index contributed by atoms with van der Waals surface area (Å²) in [5, 5.41) is 4.27. The van der Waals surface area contributed by atoms with E-state index in [1.54, 1.807) is 0 Å². The van der Waals surface area contributed by atoms with Gasteiger partial charge < -0.3 is 5.32 Å². The second-order valence-corrected chi connectivity index (χ2v) is 5.17. The third-order valence-corrected chi connectivity index (χ3v) is 2.81. The summed E-state index contributed by atoms with van der Waals surface area (Å²) in [7, 11) is 0. The van der Waals surface area contributed by atoms with Gasteiger partial charge in [-0.15, -0.1) is 0 Å². The Morgan fingerprint density at radius 1 is 1.41 bits per heavy atom. The van der Waals surface area contributed by atoms with Crippen molar-refractivity contribution in [1.29, 1.82) is 0 Å². The van der Waals surface area contributed by atoms with Crippen LogP contribution in [0.1, 0.15) is 32.8 Å². The molecule has 0 unspecified atom stereocenters. The molecule has 94 valence electrons. The van der Waals surface area contributed by atoms with Gasteiger partial charge in [0.25, 0.3) is 0 Å². The van der Waals surface area contributed by atoms with Crippen molar-refractivity contribution in [3.63, 3.8) is 0 Å². The number of halogens is 1. The van der Waals surface area contributed by atoms with Gasteiger partial charge in [0.2, 0.25) is 0 Å². The third kappa shape index (κ3) is 5.90. The maximum absolute atomic E-state index is 5.97. The van der Waals surface area contributed by atoms with Crippen molar-refractivity contribution in [2.24, 2.45) is 5.92 Å². The fraction of sp³-hybridized carbons (Fsp3) is 0.467. The van der Waals surface area contributed by atoms with E-state index in [0.29, 0.717) is 5.92 Å². The van der Waals surface area contributed by atoms with Gasteiger partial charge in [0.1, 0.15) is 0 Å². The Morgan fingerprint density at radius 3 is 2.76 bits per heavy atom. The van der Waals surface area contributed by atoms with E-state index in [2.05, 4.69) is 38.2 Å². The Labute approximate surface area is 110 Å². The summed E-state index contributed by atoms with van der Waals surface area (Å²) in [4.78, 5) is 0. The molecule has 17 heavy (non-hydrogen) atoms. The first-order valence-electron chi connectivity index (χ1n) is 6.27. The molecule has 0 aliphatic heterocycles. The summed E-state index contributed by atoms with van der Waals surface area (Å²) in [6, 6.07) is 7.98. The molecule has 0 aromatic heterocycles. The molecule has 0 amide bonds. The fourth-order valence-electron chi connectivity index (χ4n) is 1.63. The van der Waals surface area contributed by atoms with E-state index in [9.17, 15) is 0 Å². The lowest BCUT2D eigenvalue weighted by molar-refractivity contribution is 0.569. The van der Waals surface area contributed by atoms with Gasteiger partial charge in [0.15, 0.2) is 0 Å². The largest absolute Gasteiger partial charge is 0.313 e. The van der Waals surface area contributed by atoms with Crippen molar-refractivity contribution >= 4 is 17.7 Å². The number of benzene rings is 1. The molecule has 0 heterocycles. The normalized spacial score (nSPS) is 12.2. The first kappa shape index (κ1) is 14.3. The smallest absolute Gasteiger partial charge is 0.0411 e. The highest BCUT2D eigenvalue weighted by atomic mass is 35.5. The van der Waals surface area contributed by atoms with Crippen LogP contribution < -0.4 is 5.32 Å². The van der Waals surface area contributed by atoms with Crippen LogP contribution in [-0.2, 0) is 0 Å². The van der Waals surface area contributed by atoms with Crippen LogP contribution in [0.2, 0.25) is 5.02 Å². The van der Waals surface area contributed by atoms with Gasteiger partial charge in [-0.3, -0.25) is 0 Å². The predicted octanol–water partition coefficient (Wildman–Crippen LogP) is 4.38. The van der Waals surface area contributed by atoms with Crippen LogP contribution in [0, 0.1) is 5.92 Å². The lowest BCUT2D eigenvalue weighted by Crippen LogP contribution is -2.21. The average Bonchev–Trinajstić information content (AvgIpc) is 2.27. The lowest BCUT2D eigenvalue weighted by atomic mass is 10.1. The summed E-state index contributed by atoms with van der Waals surface area (Å²) in [5.74, 6) is 0.694. The van der Waals surface area contributed by atoms with Crippen molar-refractivity contribution in [2.45, 2.75) is 27.2 Å². The standard InChI is InChI=1S/C15H22ClN/c1-4-13(11-17-10-12(2)3)8-14-6-5-7-15(16)9-14/h5-9,12,17H,4,10-11H2,1-3H3. The summed E-state index contributed by atoms with van der Waals surface area (Å²) < 4.78 is 0. The van der Waals surface area contributed by atoms with E-state index < -0.39 is 0 Å². The molecule has 0 aliphatic rings. The van der Waals surface area contributed by atoms with Crippen molar-refractivity contribution in [3.8, 4) is 0 Å². The molecule has 0 saturated heterocycles. The van der Waals surface area contributed by atoms with Crippen molar-refractivity contribution < 1.29 is 0 Å². The van der Waals surface area contributed by atoms with Gasteiger partial charge in [-0.2, -0.15) is 0 Å². The van der Waals surface area contributed by atoms with Crippen molar-refractivity contribution in [1.82, 2.24) is 5.32 Å². The Bertz CT molecular complexity index is 369. The van der Waals surface area contributed by atoms with Crippen LogP contribution in [0.15, 0.2) is 29.8 Å². The minimum atomic E-state index is 0.694. The first-order chi connectivity index (χ1) is 8.11. The maximum atomic E-state index is 5.97. The summed E-state index contributed by atoms with van der Waals surface area (Å²) >= 11 is 5.97. The third-order valence-electron chi connectivity index (χ3n) is 2.58. The molecule has 0 fully saturated rings. The summed E-state index contributed by atoms with van der Waals surface area (Å²) in [5.41, 5.74) is 2.59. The number of hydrogen-bond donors (Lipinski definition) is 1. The highest BCUT2D eigenvalue weighted by Crippen LogP contribution is 2.14. The zero-order valence-corrected chi connectivity index (χ0v) is 11.7. The molecule has 1 aromatic carbocycles. The molecule has 0 atom stereocenters. The molecule has 1 aromatic rings. The van der Waals surface area contributed by atoms with Gasteiger partial charge in [-0.05, 0) is 36.6 Å². The van der Waals surface area contributed by atoms with Crippen LogP contribution >= 0.6 is 11.6 Å². The Morgan fingerprint density at radius 2 is 2.18 bits per heavy atom. The summed E-state index contributed by atoms with van der Waals surface area (Å²) in [6.07, 6.45) is 3.29. The van der Waals surface area contributed by atoms with E-state index in [1.807, 2.05) is 18.2 Å². The molecule has 1 rings (SSSR count). The lowest BCUT2D eigenvalue weighted by Gasteiger charge is -2.09. The SMILES string of the molecule is CCC(=Cc1cccc(Cl)c1)CNCC(C)C. The minimum absolute atomic E-state index is 0.694. The molecule has 0 radical (unpaired) electrons. The quantitative estimate of drug-likeness (QED) is 0.791. The van der Waals surface area contributed by atoms with E-state index >= 15 is 0 Å². The average molecular weight is 252 g/mol. The van der Waals surface area contributed by atoms with E-state index in [-0.39, 0.29) is 0 Å². The molecule has 0 saturated carbocycles. The maximum Gasteiger partial charge on any atom is 0.0411 e. The highest BCUT2D eigenvalue weighted by Gasteiger charge is 1.98. The van der Waals surface area contributed by atoms with Gasteiger partial charge >= 0.3 is 0 Å². The summed E-state index contributed by atoms with van der Waals surface area (Å²) in [6.45, 7) is 8.65. The first-order valence-corrected chi connectivity index (χ1v) is 6.65. The monoisotopic (exact) mass is 251 g/mol. The minimum Gasteiger partial charge on any atom is -0.313 e. The number of nitrogens with one attached hydrogen (secondary N) is 1. The molecular weight excluding hydrogens is 230 g/mol. The van der Waals surface area contributed by atoms with E-state index in [1.165, 1.54) is 11.1 Å². The molecule has 0 aliphatic carbocycles. The Kier molecular flexibility index (Phi) is 6.31. The predicted molar refractivity (Wildman–Crippen MR) is 77.4 cm³/mol. The van der Waals surface area contributed by atoms with Crippen LogP contribution in [-0.4, -0.2) is 13.1 Å². The molecule has 2 heteroatoms. The van der Waals surface area contributed by atoms with Gasteiger partial charge in [0, 0.05) is 11.6 Å². The molecule has 1 nitrogen and oxygen atoms in total. The Hall–Kier alpha value is -0.790.